The molecule has 0 atom stereocenters. The van der Waals surface area contributed by atoms with Gasteiger partial charge in [-0.3, -0.25) is 25.5 Å². The first-order valence-electron chi connectivity index (χ1n) is 8.40. The maximum Gasteiger partial charge on any atom is 0.411 e. The fraction of sp³-hybridized carbons (Fsp3) is 0.111. The van der Waals surface area contributed by atoms with E-state index in [-0.39, 0.29) is 24.2 Å². The number of ether oxygens (including phenoxy) is 1. The Morgan fingerprint density at radius 1 is 1.07 bits per heavy atom. The van der Waals surface area contributed by atoms with Gasteiger partial charge in [0, 0.05) is 28.9 Å². The lowest BCUT2D eigenvalue weighted by Crippen LogP contribution is -2.14. The van der Waals surface area contributed by atoms with E-state index >= 15 is 0 Å². The van der Waals surface area contributed by atoms with Crippen molar-refractivity contribution in [1.29, 1.82) is 0 Å². The highest BCUT2D eigenvalue weighted by molar-refractivity contribution is 6.03. The average Bonchev–Trinajstić information content (AvgIpc) is 3.17. The van der Waals surface area contributed by atoms with Gasteiger partial charge in [-0.05, 0) is 43.3 Å². The number of nitro groups is 1. The zero-order chi connectivity index (χ0) is 20.8. The van der Waals surface area contributed by atoms with Crippen molar-refractivity contribution in [1.82, 2.24) is 10.2 Å². The average molecular weight is 397 g/mol. The molecule has 0 saturated heterocycles. The number of nitrogens with one attached hydrogen (secondary N) is 2. The number of carbonyl (C=O) groups excluding carboxylic acids is 2. The zero-order valence-electron chi connectivity index (χ0n) is 15.1. The third kappa shape index (κ3) is 4.91. The van der Waals surface area contributed by atoms with Crippen LogP contribution in [-0.4, -0.2) is 33.7 Å². The van der Waals surface area contributed by atoms with Crippen molar-refractivity contribution in [2.24, 2.45) is 0 Å². The normalized spacial score (nSPS) is 10.2. The molecule has 0 bridgehead atoms. The van der Waals surface area contributed by atoms with Crippen molar-refractivity contribution in [3.63, 3.8) is 0 Å². The molecule has 11 heteroatoms. The Kier molecular flexibility index (Phi) is 5.78. The molecule has 3 aromatic rings. The predicted molar refractivity (Wildman–Crippen MR) is 101 cm³/mol. The van der Waals surface area contributed by atoms with Crippen molar-refractivity contribution in [3.05, 3.63) is 64.2 Å². The highest BCUT2D eigenvalue weighted by atomic mass is 16.6. The summed E-state index contributed by atoms with van der Waals surface area (Å²) in [4.78, 5) is 33.8. The number of nitrogens with zero attached hydrogens (tertiary/aromatic N) is 3. The van der Waals surface area contributed by atoms with E-state index in [1.54, 1.807) is 19.1 Å². The van der Waals surface area contributed by atoms with Gasteiger partial charge in [0.25, 0.3) is 11.6 Å². The molecular formula is C18H15N5O6. The summed E-state index contributed by atoms with van der Waals surface area (Å²) >= 11 is 0. The number of aromatic nitrogens is 2. The van der Waals surface area contributed by atoms with Crippen molar-refractivity contribution in [2.45, 2.75) is 6.92 Å². The van der Waals surface area contributed by atoms with Crippen LogP contribution in [-0.2, 0) is 4.74 Å². The number of nitro benzene ring substituents is 1. The van der Waals surface area contributed by atoms with Gasteiger partial charge >= 0.3 is 12.1 Å². The molecule has 2 amide bonds. The van der Waals surface area contributed by atoms with E-state index in [0.29, 0.717) is 16.8 Å². The summed E-state index contributed by atoms with van der Waals surface area (Å²) in [6, 6.07) is 11.5. The molecule has 2 N–H and O–H groups in total. The monoisotopic (exact) mass is 397 g/mol. The van der Waals surface area contributed by atoms with Gasteiger partial charge in [0.2, 0.25) is 5.89 Å². The molecule has 0 aliphatic heterocycles. The van der Waals surface area contributed by atoms with Gasteiger partial charge in [0.1, 0.15) is 0 Å². The minimum absolute atomic E-state index is 0.0670. The molecular weight excluding hydrogens is 382 g/mol. The molecule has 2 aromatic carbocycles. The Balaban J connectivity index is 1.64. The molecule has 0 fully saturated rings. The second-order valence-corrected chi connectivity index (χ2v) is 5.59. The molecule has 1 heterocycles. The molecule has 0 radical (unpaired) electrons. The van der Waals surface area contributed by atoms with Crippen molar-refractivity contribution < 1.29 is 23.7 Å². The fourth-order valence-corrected chi connectivity index (χ4v) is 2.28. The topological polar surface area (TPSA) is 149 Å². The van der Waals surface area contributed by atoms with Crippen molar-refractivity contribution in [3.8, 4) is 11.5 Å². The lowest BCUT2D eigenvalue weighted by atomic mass is 10.2. The molecule has 0 spiro atoms. The van der Waals surface area contributed by atoms with E-state index in [2.05, 4.69) is 20.8 Å². The third-order valence-corrected chi connectivity index (χ3v) is 3.64. The highest BCUT2D eigenvalue weighted by Gasteiger charge is 2.14. The van der Waals surface area contributed by atoms with E-state index in [0.717, 1.165) is 0 Å². The number of hydrogen-bond donors (Lipinski definition) is 2. The van der Waals surface area contributed by atoms with Crippen LogP contribution in [0.1, 0.15) is 17.3 Å². The summed E-state index contributed by atoms with van der Waals surface area (Å²) in [5, 5.41) is 23.2. The van der Waals surface area contributed by atoms with E-state index in [4.69, 9.17) is 9.15 Å². The van der Waals surface area contributed by atoms with Gasteiger partial charge in [-0.25, -0.2) is 4.79 Å². The van der Waals surface area contributed by atoms with Crippen LogP contribution in [0.15, 0.2) is 52.9 Å². The number of carbonyl (C=O) groups is 2. The first kappa shape index (κ1) is 19.5. The fourth-order valence-electron chi connectivity index (χ4n) is 2.28. The first-order valence-corrected chi connectivity index (χ1v) is 8.40. The molecule has 148 valence electrons. The maximum absolute atomic E-state index is 12.3. The van der Waals surface area contributed by atoms with Gasteiger partial charge in [0.05, 0.1) is 11.5 Å². The second-order valence-electron chi connectivity index (χ2n) is 5.59. The van der Waals surface area contributed by atoms with Gasteiger partial charge < -0.3 is 9.15 Å². The van der Waals surface area contributed by atoms with Gasteiger partial charge in [0.15, 0.2) is 0 Å². The van der Waals surface area contributed by atoms with Crippen LogP contribution in [0.3, 0.4) is 0 Å². The van der Waals surface area contributed by atoms with E-state index in [9.17, 15) is 19.7 Å². The minimum atomic E-state index is -0.589. The lowest BCUT2D eigenvalue weighted by Gasteiger charge is -2.06. The van der Waals surface area contributed by atoms with Crippen LogP contribution >= 0.6 is 0 Å². The Labute approximate surface area is 163 Å². The van der Waals surface area contributed by atoms with Crippen molar-refractivity contribution in [2.75, 3.05) is 17.2 Å². The molecule has 0 aliphatic carbocycles. The van der Waals surface area contributed by atoms with Crippen LogP contribution < -0.4 is 10.6 Å². The van der Waals surface area contributed by atoms with Crippen LogP contribution in [0.4, 0.5) is 22.2 Å². The SMILES string of the molecule is CCOC(=O)Nc1ccc(C(=O)Nc2nnc(-c3ccc([N+](=O)[O-])cc3)o2)cc1. The molecule has 29 heavy (non-hydrogen) atoms. The third-order valence-electron chi connectivity index (χ3n) is 3.64. The number of benzene rings is 2. The van der Waals surface area contributed by atoms with Gasteiger partial charge in [-0.1, -0.05) is 5.10 Å². The molecule has 0 aliphatic rings. The summed E-state index contributed by atoms with van der Waals surface area (Å²) in [6.45, 7) is 1.94. The van der Waals surface area contributed by atoms with E-state index < -0.39 is 16.9 Å². The highest BCUT2D eigenvalue weighted by Crippen LogP contribution is 2.23. The minimum Gasteiger partial charge on any atom is -0.450 e. The van der Waals surface area contributed by atoms with Crippen molar-refractivity contribution >= 4 is 29.4 Å². The van der Waals surface area contributed by atoms with Crippen LogP contribution in [0, 0.1) is 10.1 Å². The summed E-state index contributed by atoms with van der Waals surface area (Å²) in [5.74, 6) is -0.393. The molecule has 1 aromatic heterocycles. The number of hydrogen-bond acceptors (Lipinski definition) is 8. The molecule has 3 rings (SSSR count). The van der Waals surface area contributed by atoms with E-state index in [1.165, 1.54) is 36.4 Å². The maximum atomic E-state index is 12.3. The van der Waals surface area contributed by atoms with Crippen LogP contribution in [0.2, 0.25) is 0 Å². The number of non-ortho nitro benzene ring substituents is 1. The Bertz CT molecular complexity index is 1030. The quantitative estimate of drug-likeness (QED) is 0.474. The first-order chi connectivity index (χ1) is 14.0. The predicted octanol–water partition coefficient (Wildman–Crippen LogP) is 3.47. The molecule has 0 unspecified atom stereocenters. The van der Waals surface area contributed by atoms with Gasteiger partial charge in [-0.15, -0.1) is 5.10 Å². The summed E-state index contributed by atoms with van der Waals surface area (Å²) in [7, 11) is 0. The molecule has 11 nitrogen and oxygen atoms in total. The largest absolute Gasteiger partial charge is 0.450 e. The number of amides is 2. The Hall–Kier alpha value is -4.28. The summed E-state index contributed by atoms with van der Waals surface area (Å²) in [5.41, 5.74) is 1.17. The molecule has 0 saturated carbocycles. The second kappa shape index (κ2) is 8.61. The Morgan fingerprint density at radius 2 is 1.76 bits per heavy atom. The van der Waals surface area contributed by atoms with Crippen LogP contribution in [0.25, 0.3) is 11.5 Å². The smallest absolute Gasteiger partial charge is 0.411 e. The Morgan fingerprint density at radius 3 is 2.38 bits per heavy atom. The lowest BCUT2D eigenvalue weighted by molar-refractivity contribution is -0.384. The van der Waals surface area contributed by atoms with Crippen LogP contribution in [0.5, 0.6) is 0 Å². The van der Waals surface area contributed by atoms with E-state index in [1.807, 2.05) is 0 Å². The number of rotatable bonds is 6. The standard InChI is InChI=1S/C18H15N5O6/c1-2-28-18(25)19-13-7-3-11(4-8-13)15(24)20-17-22-21-16(29-17)12-5-9-14(10-6-12)23(26)27/h3-10H,2H2,1H3,(H,19,25)(H,20,22,24). The summed E-state index contributed by atoms with van der Waals surface area (Å²) in [6.07, 6.45) is -0.589. The summed E-state index contributed by atoms with van der Waals surface area (Å²) < 4.78 is 10.1. The van der Waals surface area contributed by atoms with Gasteiger partial charge in [-0.2, -0.15) is 0 Å². The zero-order valence-corrected chi connectivity index (χ0v) is 15.1. The number of anilines is 2.